The Morgan fingerprint density at radius 2 is 1.80 bits per heavy atom. The minimum atomic E-state index is 0.367. The Balaban J connectivity index is 3.12. The molecule has 0 aliphatic rings. The van der Waals surface area contributed by atoms with Gasteiger partial charge in [0, 0.05) is 0 Å². The predicted molar refractivity (Wildman–Crippen MR) is 63.2 cm³/mol. The molecule has 0 aromatic carbocycles. The number of halogens is 1. The van der Waals surface area contributed by atoms with Gasteiger partial charge in [-0.25, -0.2) is 4.68 Å². The number of alkyl halides is 1. The van der Waals surface area contributed by atoms with Gasteiger partial charge in [-0.2, -0.15) is 0 Å². The fraction of sp³-hybridized carbons (Fsp3) is 0.818. The maximum atomic E-state index is 5.86. The van der Waals surface area contributed by atoms with Gasteiger partial charge in [-0.3, -0.25) is 0 Å². The van der Waals surface area contributed by atoms with Gasteiger partial charge in [-0.15, -0.1) is 16.7 Å². The zero-order chi connectivity index (χ0) is 11.6. The molecule has 1 heterocycles. The maximum absolute atomic E-state index is 5.86. The molecule has 0 bridgehead atoms. The third-order valence-electron chi connectivity index (χ3n) is 2.83. The molecule has 86 valence electrons. The number of aromatic nitrogens is 3. The predicted octanol–water partition coefficient (Wildman–Crippen LogP) is 3.36. The molecular weight excluding hydrogens is 210 g/mol. The summed E-state index contributed by atoms with van der Waals surface area (Å²) in [5.74, 6) is 1.40. The zero-order valence-electron chi connectivity index (χ0n) is 10.2. The van der Waals surface area contributed by atoms with Crippen LogP contribution >= 0.6 is 11.6 Å². The number of hydrogen-bond donors (Lipinski definition) is 0. The minimum Gasteiger partial charge on any atom is -0.246 e. The van der Waals surface area contributed by atoms with Crippen LogP contribution in [0.25, 0.3) is 0 Å². The average Bonchev–Trinajstić information content (AvgIpc) is 2.59. The van der Waals surface area contributed by atoms with Crippen LogP contribution in [0.4, 0.5) is 0 Å². The monoisotopic (exact) mass is 229 g/mol. The maximum Gasteiger partial charge on any atom is 0.101 e. The molecule has 0 aliphatic heterocycles. The molecule has 0 saturated heterocycles. The summed E-state index contributed by atoms with van der Waals surface area (Å²) in [6.07, 6.45) is 0. The van der Waals surface area contributed by atoms with Crippen molar-refractivity contribution in [3.63, 3.8) is 0 Å². The summed E-state index contributed by atoms with van der Waals surface area (Å²) in [6.45, 7) is 10.9. The average molecular weight is 230 g/mol. The van der Waals surface area contributed by atoms with E-state index in [9.17, 15) is 0 Å². The van der Waals surface area contributed by atoms with Gasteiger partial charge >= 0.3 is 0 Å². The van der Waals surface area contributed by atoms with Crippen LogP contribution in [0.1, 0.15) is 58.0 Å². The quantitative estimate of drug-likeness (QED) is 0.742. The lowest BCUT2D eigenvalue weighted by Gasteiger charge is -2.20. The van der Waals surface area contributed by atoms with Crippen LogP contribution in [0.2, 0.25) is 0 Å². The largest absolute Gasteiger partial charge is 0.246 e. The molecule has 0 saturated carbocycles. The van der Waals surface area contributed by atoms with Gasteiger partial charge in [-0.1, -0.05) is 32.9 Å². The van der Waals surface area contributed by atoms with Crippen molar-refractivity contribution in [2.45, 2.75) is 52.5 Å². The van der Waals surface area contributed by atoms with Crippen molar-refractivity contribution in [3.05, 3.63) is 11.4 Å². The highest BCUT2D eigenvalue weighted by Gasteiger charge is 2.20. The molecule has 0 aliphatic carbocycles. The van der Waals surface area contributed by atoms with Crippen molar-refractivity contribution in [1.82, 2.24) is 15.0 Å². The van der Waals surface area contributed by atoms with Crippen LogP contribution in [-0.4, -0.2) is 15.0 Å². The molecule has 0 radical (unpaired) electrons. The number of rotatable bonds is 4. The molecule has 1 atom stereocenters. The van der Waals surface area contributed by atoms with E-state index in [-0.39, 0.29) is 0 Å². The number of nitrogens with zero attached hydrogens (tertiary/aromatic N) is 3. The first-order valence-corrected chi connectivity index (χ1v) is 6.02. The Labute approximate surface area is 96.8 Å². The van der Waals surface area contributed by atoms with Crippen molar-refractivity contribution in [2.75, 3.05) is 0 Å². The smallest absolute Gasteiger partial charge is 0.101 e. The molecule has 0 fully saturated rings. The topological polar surface area (TPSA) is 30.7 Å². The Bertz CT molecular complexity index is 318. The van der Waals surface area contributed by atoms with E-state index in [1.807, 2.05) is 4.68 Å². The third-order valence-corrected chi connectivity index (χ3v) is 3.08. The molecule has 3 nitrogen and oxygen atoms in total. The standard InChI is InChI=1S/C11H20ClN3/c1-7(2)9(5)15-11(8(3)4)10(6-12)13-14-15/h7-9H,6H2,1-5H3. The highest BCUT2D eigenvalue weighted by Crippen LogP contribution is 2.25. The molecule has 15 heavy (non-hydrogen) atoms. The van der Waals surface area contributed by atoms with E-state index in [2.05, 4.69) is 44.9 Å². The fourth-order valence-electron chi connectivity index (χ4n) is 1.61. The molecule has 1 aromatic heterocycles. The summed E-state index contributed by atoms with van der Waals surface area (Å²) in [5.41, 5.74) is 2.09. The van der Waals surface area contributed by atoms with Gasteiger partial charge in [0.15, 0.2) is 0 Å². The summed E-state index contributed by atoms with van der Waals surface area (Å²) in [5, 5.41) is 8.35. The molecule has 0 amide bonds. The second-order valence-corrected chi connectivity index (χ2v) is 4.91. The van der Waals surface area contributed by atoms with E-state index in [4.69, 9.17) is 11.6 Å². The van der Waals surface area contributed by atoms with Crippen LogP contribution in [-0.2, 0) is 5.88 Å². The van der Waals surface area contributed by atoms with Crippen LogP contribution in [0.5, 0.6) is 0 Å². The van der Waals surface area contributed by atoms with Crippen LogP contribution in [0.3, 0.4) is 0 Å². The highest BCUT2D eigenvalue weighted by atomic mass is 35.5. The lowest BCUT2D eigenvalue weighted by molar-refractivity contribution is 0.354. The second-order valence-electron chi connectivity index (χ2n) is 4.64. The Morgan fingerprint density at radius 1 is 1.20 bits per heavy atom. The van der Waals surface area contributed by atoms with Crippen LogP contribution in [0, 0.1) is 5.92 Å². The van der Waals surface area contributed by atoms with Gasteiger partial charge < -0.3 is 0 Å². The third kappa shape index (κ3) is 2.51. The van der Waals surface area contributed by atoms with Gasteiger partial charge in [0.25, 0.3) is 0 Å². The summed E-state index contributed by atoms with van der Waals surface area (Å²) < 4.78 is 2.02. The Morgan fingerprint density at radius 3 is 2.20 bits per heavy atom. The molecule has 4 heteroatoms. The van der Waals surface area contributed by atoms with E-state index in [0.717, 1.165) is 5.69 Å². The molecule has 1 unspecified atom stereocenters. The molecule has 0 N–H and O–H groups in total. The Hall–Kier alpha value is -0.570. The molecular formula is C11H20ClN3. The van der Waals surface area contributed by atoms with E-state index >= 15 is 0 Å². The van der Waals surface area contributed by atoms with E-state index in [1.54, 1.807) is 0 Å². The van der Waals surface area contributed by atoms with Crippen molar-refractivity contribution in [3.8, 4) is 0 Å². The lowest BCUT2D eigenvalue weighted by Crippen LogP contribution is -2.17. The van der Waals surface area contributed by atoms with Gasteiger partial charge in [0.2, 0.25) is 0 Å². The Kier molecular flexibility index (Phi) is 4.14. The summed E-state index contributed by atoms with van der Waals surface area (Å²) in [6, 6.07) is 0.367. The van der Waals surface area contributed by atoms with Crippen molar-refractivity contribution >= 4 is 11.6 Å². The van der Waals surface area contributed by atoms with Crippen LogP contribution < -0.4 is 0 Å². The normalized spacial score (nSPS) is 13.9. The minimum absolute atomic E-state index is 0.367. The van der Waals surface area contributed by atoms with Crippen molar-refractivity contribution < 1.29 is 0 Å². The second kappa shape index (κ2) is 4.97. The zero-order valence-corrected chi connectivity index (χ0v) is 10.9. The van der Waals surface area contributed by atoms with Gasteiger partial charge in [0.05, 0.1) is 17.6 Å². The first kappa shape index (κ1) is 12.5. The summed E-state index contributed by atoms with van der Waals surface area (Å²) >= 11 is 5.86. The molecule has 0 spiro atoms. The van der Waals surface area contributed by atoms with Crippen molar-refractivity contribution in [1.29, 1.82) is 0 Å². The van der Waals surface area contributed by atoms with E-state index in [0.29, 0.717) is 23.8 Å². The highest BCUT2D eigenvalue weighted by molar-refractivity contribution is 6.16. The first-order valence-electron chi connectivity index (χ1n) is 5.48. The van der Waals surface area contributed by atoms with E-state index < -0.39 is 0 Å². The summed E-state index contributed by atoms with van der Waals surface area (Å²) in [4.78, 5) is 0. The molecule has 1 rings (SSSR count). The summed E-state index contributed by atoms with van der Waals surface area (Å²) in [7, 11) is 0. The van der Waals surface area contributed by atoms with Crippen molar-refractivity contribution in [2.24, 2.45) is 5.92 Å². The fourth-order valence-corrected chi connectivity index (χ4v) is 1.80. The van der Waals surface area contributed by atoms with Gasteiger partial charge in [0.1, 0.15) is 5.69 Å². The SMILES string of the molecule is CC(C)c1c(CCl)nnn1C(C)C(C)C. The first-order chi connectivity index (χ1) is 6.99. The lowest BCUT2D eigenvalue weighted by atomic mass is 10.0. The van der Waals surface area contributed by atoms with E-state index in [1.165, 1.54) is 5.69 Å². The van der Waals surface area contributed by atoms with Gasteiger partial charge in [-0.05, 0) is 18.8 Å². The molecule has 1 aromatic rings. The van der Waals surface area contributed by atoms with Crippen LogP contribution in [0.15, 0.2) is 0 Å². The number of hydrogen-bond acceptors (Lipinski definition) is 2.